The van der Waals surface area contributed by atoms with Crippen LogP contribution in [0.3, 0.4) is 0 Å². The van der Waals surface area contributed by atoms with E-state index < -0.39 is 0 Å². The van der Waals surface area contributed by atoms with Crippen LogP contribution in [0.1, 0.15) is 26.7 Å². The van der Waals surface area contributed by atoms with Crippen LogP contribution in [0, 0.1) is 5.92 Å². The molecule has 2 aliphatic rings. The topological polar surface area (TPSA) is 15.3 Å². The molecule has 1 aromatic carbocycles. The second-order valence-corrected chi connectivity index (χ2v) is 6.99. The fourth-order valence-electron chi connectivity index (χ4n) is 3.09. The van der Waals surface area contributed by atoms with Crippen molar-refractivity contribution in [1.82, 2.24) is 5.32 Å². The Bertz CT molecular complexity index is 487. The van der Waals surface area contributed by atoms with Gasteiger partial charge < -0.3 is 10.2 Å². The number of nitrogens with one attached hydrogen (secondary N) is 1. The van der Waals surface area contributed by atoms with Gasteiger partial charge in [-0.05, 0) is 50.8 Å². The molecule has 4 heteroatoms. The summed E-state index contributed by atoms with van der Waals surface area (Å²) in [5.41, 5.74) is 1.32. The van der Waals surface area contributed by atoms with Crippen molar-refractivity contribution < 1.29 is 0 Å². The Labute approximate surface area is 125 Å². The first-order valence-electron chi connectivity index (χ1n) is 6.96. The van der Waals surface area contributed by atoms with Gasteiger partial charge in [-0.1, -0.05) is 23.2 Å². The van der Waals surface area contributed by atoms with E-state index >= 15 is 0 Å². The van der Waals surface area contributed by atoms with E-state index in [1.165, 1.54) is 12.8 Å². The highest BCUT2D eigenvalue weighted by Crippen LogP contribution is 2.43. The molecule has 2 fully saturated rings. The average molecular weight is 299 g/mol. The number of rotatable bonds is 2. The maximum Gasteiger partial charge on any atom is 0.0654 e. The van der Waals surface area contributed by atoms with Gasteiger partial charge in [0, 0.05) is 29.7 Å². The van der Waals surface area contributed by atoms with Crippen LogP contribution in [-0.4, -0.2) is 24.7 Å². The molecule has 1 aromatic rings. The van der Waals surface area contributed by atoms with Crippen molar-refractivity contribution in [1.29, 1.82) is 0 Å². The van der Waals surface area contributed by atoms with Gasteiger partial charge in [0.25, 0.3) is 0 Å². The minimum atomic E-state index is 0.218. The van der Waals surface area contributed by atoms with Crippen LogP contribution >= 0.6 is 23.2 Å². The molecule has 1 saturated heterocycles. The SMILES string of the molecule is CC1CNC(C)(C2CC2)CN1c1ccc(Cl)cc1Cl. The fraction of sp³-hybridized carbons (Fsp3) is 0.600. The maximum absolute atomic E-state index is 6.37. The first kappa shape index (κ1) is 13.5. The summed E-state index contributed by atoms with van der Waals surface area (Å²) in [5.74, 6) is 0.813. The summed E-state index contributed by atoms with van der Waals surface area (Å²) in [4.78, 5) is 2.42. The number of hydrogen-bond acceptors (Lipinski definition) is 2. The molecule has 1 N–H and O–H groups in total. The van der Waals surface area contributed by atoms with Gasteiger partial charge in [0.2, 0.25) is 0 Å². The monoisotopic (exact) mass is 298 g/mol. The van der Waals surface area contributed by atoms with Gasteiger partial charge in [-0.3, -0.25) is 0 Å². The van der Waals surface area contributed by atoms with E-state index in [4.69, 9.17) is 23.2 Å². The van der Waals surface area contributed by atoms with Crippen molar-refractivity contribution in [2.24, 2.45) is 5.92 Å². The van der Waals surface area contributed by atoms with E-state index in [0.29, 0.717) is 11.1 Å². The molecule has 2 nitrogen and oxygen atoms in total. The van der Waals surface area contributed by atoms with Gasteiger partial charge in [0.1, 0.15) is 0 Å². The molecule has 1 aliphatic carbocycles. The molecule has 2 atom stereocenters. The number of nitrogens with zero attached hydrogens (tertiary/aromatic N) is 1. The third-order valence-corrected chi connectivity index (χ3v) is 5.07. The van der Waals surface area contributed by atoms with E-state index in [9.17, 15) is 0 Å². The number of piperazine rings is 1. The standard InChI is InChI=1S/C15H20Cl2N2/c1-10-8-18-15(2,11-3-4-11)9-19(10)14-6-5-12(16)7-13(14)17/h5-7,10-11,18H,3-4,8-9H2,1-2H3. The summed E-state index contributed by atoms with van der Waals surface area (Å²) in [6.07, 6.45) is 2.69. The molecule has 0 radical (unpaired) electrons. The van der Waals surface area contributed by atoms with E-state index in [1.807, 2.05) is 18.2 Å². The zero-order valence-electron chi connectivity index (χ0n) is 11.4. The lowest BCUT2D eigenvalue weighted by molar-refractivity contribution is 0.261. The molecular formula is C15H20Cl2N2. The quantitative estimate of drug-likeness (QED) is 0.889. The minimum Gasteiger partial charge on any atom is -0.364 e. The number of benzene rings is 1. The van der Waals surface area contributed by atoms with Gasteiger partial charge in [-0.15, -0.1) is 0 Å². The lowest BCUT2D eigenvalue weighted by atomic mass is 9.91. The molecule has 1 heterocycles. The summed E-state index contributed by atoms with van der Waals surface area (Å²) in [6.45, 7) is 6.60. The summed E-state index contributed by atoms with van der Waals surface area (Å²) >= 11 is 12.4. The Hall–Kier alpha value is -0.440. The average Bonchev–Trinajstić information content (AvgIpc) is 3.17. The minimum absolute atomic E-state index is 0.218. The normalized spacial score (nSPS) is 31.6. The third-order valence-electron chi connectivity index (χ3n) is 4.53. The first-order chi connectivity index (χ1) is 8.99. The second kappa shape index (κ2) is 4.83. The van der Waals surface area contributed by atoms with Gasteiger partial charge >= 0.3 is 0 Å². The Morgan fingerprint density at radius 3 is 2.68 bits per heavy atom. The van der Waals surface area contributed by atoms with Gasteiger partial charge in [0.15, 0.2) is 0 Å². The number of hydrogen-bond donors (Lipinski definition) is 1. The van der Waals surface area contributed by atoms with Crippen LogP contribution in [-0.2, 0) is 0 Å². The zero-order valence-corrected chi connectivity index (χ0v) is 12.9. The van der Waals surface area contributed by atoms with Gasteiger partial charge in [-0.25, -0.2) is 0 Å². The van der Waals surface area contributed by atoms with Crippen molar-refractivity contribution in [3.8, 4) is 0 Å². The Kier molecular flexibility index (Phi) is 3.45. The highest BCUT2D eigenvalue weighted by atomic mass is 35.5. The largest absolute Gasteiger partial charge is 0.364 e. The molecule has 0 bridgehead atoms. The van der Waals surface area contributed by atoms with Gasteiger partial charge in [0.05, 0.1) is 10.7 Å². The second-order valence-electron chi connectivity index (χ2n) is 6.15. The Morgan fingerprint density at radius 2 is 2.05 bits per heavy atom. The Morgan fingerprint density at radius 1 is 1.32 bits per heavy atom. The predicted molar refractivity (Wildman–Crippen MR) is 82.4 cm³/mol. The zero-order chi connectivity index (χ0) is 13.6. The van der Waals surface area contributed by atoms with Crippen LogP contribution in [0.2, 0.25) is 10.0 Å². The molecule has 3 rings (SSSR count). The summed E-state index contributed by atoms with van der Waals surface area (Å²) in [5, 5.41) is 5.17. The maximum atomic E-state index is 6.37. The molecule has 1 aliphatic heterocycles. The van der Waals surface area contributed by atoms with E-state index in [2.05, 4.69) is 24.1 Å². The number of halogens is 2. The highest BCUT2D eigenvalue weighted by Gasteiger charge is 2.45. The predicted octanol–water partition coefficient (Wildman–Crippen LogP) is 3.96. The first-order valence-corrected chi connectivity index (χ1v) is 7.72. The molecule has 0 spiro atoms. The van der Waals surface area contributed by atoms with Crippen LogP contribution in [0.4, 0.5) is 5.69 Å². The molecule has 0 aromatic heterocycles. The van der Waals surface area contributed by atoms with E-state index in [0.717, 1.165) is 29.7 Å². The molecule has 0 amide bonds. The summed E-state index contributed by atoms with van der Waals surface area (Å²) in [7, 11) is 0. The highest BCUT2D eigenvalue weighted by molar-refractivity contribution is 6.36. The smallest absolute Gasteiger partial charge is 0.0654 e. The molecule has 104 valence electrons. The molecule has 2 unspecified atom stereocenters. The van der Waals surface area contributed by atoms with Crippen LogP contribution < -0.4 is 10.2 Å². The summed E-state index contributed by atoms with van der Waals surface area (Å²) < 4.78 is 0. The number of anilines is 1. The summed E-state index contributed by atoms with van der Waals surface area (Å²) in [6, 6.07) is 6.25. The molecule has 19 heavy (non-hydrogen) atoms. The van der Waals surface area contributed by atoms with E-state index in [1.54, 1.807) is 0 Å². The lowest BCUT2D eigenvalue weighted by Crippen LogP contribution is -2.63. The molecular weight excluding hydrogens is 279 g/mol. The van der Waals surface area contributed by atoms with Crippen molar-refractivity contribution >= 4 is 28.9 Å². The molecule has 1 saturated carbocycles. The van der Waals surface area contributed by atoms with Crippen molar-refractivity contribution in [3.63, 3.8) is 0 Å². The van der Waals surface area contributed by atoms with Crippen LogP contribution in [0.25, 0.3) is 0 Å². The Balaban J connectivity index is 1.88. The lowest BCUT2D eigenvalue weighted by Gasteiger charge is -2.47. The van der Waals surface area contributed by atoms with Crippen molar-refractivity contribution in [3.05, 3.63) is 28.2 Å². The fourth-order valence-corrected chi connectivity index (χ4v) is 3.60. The van der Waals surface area contributed by atoms with Crippen LogP contribution in [0.15, 0.2) is 18.2 Å². The van der Waals surface area contributed by atoms with Crippen LogP contribution in [0.5, 0.6) is 0 Å². The van der Waals surface area contributed by atoms with E-state index in [-0.39, 0.29) is 5.54 Å². The van der Waals surface area contributed by atoms with Crippen molar-refractivity contribution in [2.75, 3.05) is 18.0 Å². The third kappa shape index (κ3) is 2.58. The van der Waals surface area contributed by atoms with Gasteiger partial charge in [-0.2, -0.15) is 0 Å². The van der Waals surface area contributed by atoms with Crippen molar-refractivity contribution in [2.45, 2.75) is 38.3 Å².